The summed E-state index contributed by atoms with van der Waals surface area (Å²) in [6, 6.07) is 6.10. The quantitative estimate of drug-likeness (QED) is 0.725. The Morgan fingerprint density at radius 3 is 2.64 bits per heavy atom. The molecule has 0 saturated carbocycles. The molecule has 1 aromatic carbocycles. The van der Waals surface area contributed by atoms with Gasteiger partial charge in [0.2, 0.25) is 0 Å². The number of hydrogen-bond acceptors (Lipinski definition) is 2. The van der Waals surface area contributed by atoms with E-state index in [0.29, 0.717) is 6.61 Å². The lowest BCUT2D eigenvalue weighted by atomic mass is 10.1. The van der Waals surface area contributed by atoms with Crippen molar-refractivity contribution in [3.63, 3.8) is 0 Å². The Bertz CT molecular complexity index is 318. The monoisotopic (exact) mass is 191 g/mol. The lowest BCUT2D eigenvalue weighted by molar-refractivity contribution is 0.339. The van der Waals surface area contributed by atoms with Gasteiger partial charge in [-0.3, -0.25) is 0 Å². The Kier molecular flexibility index (Phi) is 3.57. The third-order valence-corrected chi connectivity index (χ3v) is 2.03. The van der Waals surface area contributed by atoms with Gasteiger partial charge in [0, 0.05) is 31.4 Å². The molecule has 1 rings (SSSR count). The Balaban J connectivity index is 3.06. The summed E-state index contributed by atoms with van der Waals surface area (Å²) in [6.45, 7) is 6.41. The molecule has 0 aliphatic carbocycles. The van der Waals surface area contributed by atoms with Crippen LogP contribution in [0.2, 0.25) is 0 Å². The Labute approximate surface area is 85.8 Å². The number of anilines is 1. The van der Waals surface area contributed by atoms with Crippen LogP contribution in [0.1, 0.15) is 12.5 Å². The lowest BCUT2D eigenvalue weighted by Crippen LogP contribution is -2.08. The average molecular weight is 191 g/mol. The summed E-state index contributed by atoms with van der Waals surface area (Å²) in [5.41, 5.74) is 2.18. The lowest BCUT2D eigenvalue weighted by Gasteiger charge is -2.15. The highest BCUT2D eigenvalue weighted by atomic mass is 16.5. The summed E-state index contributed by atoms with van der Waals surface area (Å²) in [4.78, 5) is 2.05. The number of ether oxygens (including phenoxy) is 1. The third-order valence-electron chi connectivity index (χ3n) is 2.03. The minimum Gasteiger partial charge on any atom is -0.493 e. The second-order valence-corrected chi connectivity index (χ2v) is 3.25. The van der Waals surface area contributed by atoms with Gasteiger partial charge in [0.05, 0.1) is 6.61 Å². The van der Waals surface area contributed by atoms with Crippen molar-refractivity contribution < 1.29 is 4.74 Å². The fourth-order valence-corrected chi connectivity index (χ4v) is 1.25. The Morgan fingerprint density at radius 1 is 1.43 bits per heavy atom. The molecule has 76 valence electrons. The van der Waals surface area contributed by atoms with Gasteiger partial charge < -0.3 is 9.64 Å². The molecule has 14 heavy (non-hydrogen) atoms. The van der Waals surface area contributed by atoms with E-state index in [-0.39, 0.29) is 0 Å². The SMILES string of the molecule is C=Cc1ccc(N(C)C)cc1OCC. The highest BCUT2D eigenvalue weighted by Crippen LogP contribution is 2.25. The van der Waals surface area contributed by atoms with Crippen LogP contribution in [-0.4, -0.2) is 20.7 Å². The topological polar surface area (TPSA) is 12.5 Å². The van der Waals surface area contributed by atoms with Crippen LogP contribution in [0.5, 0.6) is 5.75 Å². The molecule has 0 aromatic heterocycles. The Morgan fingerprint density at radius 2 is 2.14 bits per heavy atom. The first kappa shape index (κ1) is 10.6. The van der Waals surface area contributed by atoms with E-state index in [2.05, 4.69) is 17.5 Å². The van der Waals surface area contributed by atoms with Crippen LogP contribution < -0.4 is 9.64 Å². The molecule has 0 heterocycles. The largest absolute Gasteiger partial charge is 0.493 e. The van der Waals surface area contributed by atoms with E-state index in [1.165, 1.54) is 0 Å². The highest BCUT2D eigenvalue weighted by Gasteiger charge is 2.02. The third kappa shape index (κ3) is 2.28. The molecule has 2 heteroatoms. The molecule has 0 saturated heterocycles. The molecule has 0 radical (unpaired) electrons. The fraction of sp³-hybridized carbons (Fsp3) is 0.333. The van der Waals surface area contributed by atoms with E-state index in [1.807, 2.05) is 39.2 Å². The molecule has 0 atom stereocenters. The molecule has 0 bridgehead atoms. The number of hydrogen-bond donors (Lipinski definition) is 0. The van der Waals surface area contributed by atoms with Gasteiger partial charge in [-0.25, -0.2) is 0 Å². The van der Waals surface area contributed by atoms with Crippen LogP contribution >= 0.6 is 0 Å². The first-order valence-corrected chi connectivity index (χ1v) is 4.75. The van der Waals surface area contributed by atoms with Crippen LogP contribution in [0.15, 0.2) is 24.8 Å². The van der Waals surface area contributed by atoms with Crippen LogP contribution in [0.4, 0.5) is 5.69 Å². The van der Waals surface area contributed by atoms with E-state index in [1.54, 1.807) is 0 Å². The standard InChI is InChI=1S/C12H17NO/c1-5-10-7-8-11(13(3)4)9-12(10)14-6-2/h5,7-9H,1,6H2,2-4H3. The average Bonchev–Trinajstić information content (AvgIpc) is 2.18. The highest BCUT2D eigenvalue weighted by molar-refractivity contribution is 5.62. The zero-order chi connectivity index (χ0) is 10.6. The van der Waals surface area contributed by atoms with Crippen molar-refractivity contribution in [1.82, 2.24) is 0 Å². The van der Waals surface area contributed by atoms with Gasteiger partial charge in [-0.1, -0.05) is 12.7 Å². The number of nitrogens with zero attached hydrogens (tertiary/aromatic N) is 1. The predicted molar refractivity (Wildman–Crippen MR) is 62.0 cm³/mol. The van der Waals surface area contributed by atoms with Crippen LogP contribution in [0.25, 0.3) is 6.08 Å². The van der Waals surface area contributed by atoms with Gasteiger partial charge in [0.25, 0.3) is 0 Å². The van der Waals surface area contributed by atoms with E-state index >= 15 is 0 Å². The summed E-state index contributed by atoms with van der Waals surface area (Å²) in [5, 5.41) is 0. The van der Waals surface area contributed by atoms with Crippen LogP contribution in [0.3, 0.4) is 0 Å². The second-order valence-electron chi connectivity index (χ2n) is 3.25. The van der Waals surface area contributed by atoms with E-state index < -0.39 is 0 Å². The summed E-state index contributed by atoms with van der Waals surface area (Å²) in [6.07, 6.45) is 1.81. The van der Waals surface area contributed by atoms with E-state index in [9.17, 15) is 0 Å². The predicted octanol–water partition coefficient (Wildman–Crippen LogP) is 2.79. The molecule has 0 unspecified atom stereocenters. The normalized spacial score (nSPS) is 9.64. The van der Waals surface area contributed by atoms with Crippen LogP contribution in [0, 0.1) is 0 Å². The van der Waals surface area contributed by atoms with Crippen molar-refractivity contribution in [1.29, 1.82) is 0 Å². The van der Waals surface area contributed by atoms with E-state index in [4.69, 9.17) is 4.74 Å². The second kappa shape index (κ2) is 4.70. The van der Waals surface area contributed by atoms with Gasteiger partial charge in [0.1, 0.15) is 5.75 Å². The molecule has 0 fully saturated rings. The number of rotatable bonds is 4. The molecule has 0 aliphatic rings. The minimum absolute atomic E-state index is 0.678. The van der Waals surface area contributed by atoms with Crippen molar-refractivity contribution in [2.24, 2.45) is 0 Å². The van der Waals surface area contributed by atoms with Gasteiger partial charge in [-0.15, -0.1) is 0 Å². The maximum Gasteiger partial charge on any atom is 0.128 e. The summed E-state index contributed by atoms with van der Waals surface area (Å²) in [7, 11) is 4.03. The maximum atomic E-state index is 5.52. The van der Waals surface area contributed by atoms with Gasteiger partial charge in [0.15, 0.2) is 0 Å². The zero-order valence-corrected chi connectivity index (χ0v) is 9.08. The number of benzene rings is 1. The summed E-state index contributed by atoms with van der Waals surface area (Å²) in [5.74, 6) is 0.897. The van der Waals surface area contributed by atoms with Crippen LogP contribution in [-0.2, 0) is 0 Å². The van der Waals surface area contributed by atoms with Crippen molar-refractivity contribution in [2.45, 2.75) is 6.92 Å². The molecule has 0 amide bonds. The first-order chi connectivity index (χ1) is 6.69. The van der Waals surface area contributed by atoms with Crippen molar-refractivity contribution in [3.05, 3.63) is 30.3 Å². The Hall–Kier alpha value is -1.44. The molecule has 0 aliphatic heterocycles. The first-order valence-electron chi connectivity index (χ1n) is 4.75. The van der Waals surface area contributed by atoms with Crippen molar-refractivity contribution in [3.8, 4) is 5.75 Å². The fourth-order valence-electron chi connectivity index (χ4n) is 1.25. The summed E-state index contributed by atoms with van der Waals surface area (Å²) >= 11 is 0. The van der Waals surface area contributed by atoms with E-state index in [0.717, 1.165) is 17.0 Å². The van der Waals surface area contributed by atoms with Gasteiger partial charge in [-0.05, 0) is 19.1 Å². The summed E-state index contributed by atoms with van der Waals surface area (Å²) < 4.78 is 5.52. The molecular formula is C12H17NO. The zero-order valence-electron chi connectivity index (χ0n) is 9.08. The molecule has 1 aromatic rings. The smallest absolute Gasteiger partial charge is 0.128 e. The van der Waals surface area contributed by atoms with Gasteiger partial charge >= 0.3 is 0 Å². The molecular weight excluding hydrogens is 174 g/mol. The maximum absolute atomic E-state index is 5.52. The minimum atomic E-state index is 0.678. The van der Waals surface area contributed by atoms with Crippen molar-refractivity contribution >= 4 is 11.8 Å². The molecule has 0 N–H and O–H groups in total. The molecule has 2 nitrogen and oxygen atoms in total. The van der Waals surface area contributed by atoms with Gasteiger partial charge in [-0.2, -0.15) is 0 Å². The molecule has 0 spiro atoms. The van der Waals surface area contributed by atoms with Crippen molar-refractivity contribution in [2.75, 3.05) is 25.6 Å².